The molecule has 3 rings (SSSR count). The van der Waals surface area contributed by atoms with E-state index in [2.05, 4.69) is 10.2 Å². The second-order valence-corrected chi connectivity index (χ2v) is 7.64. The van der Waals surface area contributed by atoms with Crippen molar-refractivity contribution in [3.8, 4) is 0 Å². The van der Waals surface area contributed by atoms with E-state index in [1.807, 2.05) is 25.7 Å². The van der Waals surface area contributed by atoms with E-state index >= 15 is 0 Å². The van der Waals surface area contributed by atoms with Crippen molar-refractivity contribution in [3.63, 3.8) is 0 Å². The number of hydrogen-bond acceptors (Lipinski definition) is 2. The molecule has 2 heterocycles. The predicted molar refractivity (Wildman–Crippen MR) is 76.0 cm³/mol. The van der Waals surface area contributed by atoms with E-state index in [0.29, 0.717) is 6.04 Å². The molecule has 4 heteroatoms. The van der Waals surface area contributed by atoms with Gasteiger partial charge in [0, 0.05) is 37.8 Å². The standard InChI is InChI=1S/C15H27N3O/c1-15(2,3)16-14(19)18-9-13(10-18)17-7-11-5-4-6-12(11)8-17/h11-13H,4-10H2,1-3H3,(H,16,19). The number of nitrogens with one attached hydrogen (secondary N) is 1. The first kappa shape index (κ1) is 13.2. The van der Waals surface area contributed by atoms with Crippen LogP contribution in [0.1, 0.15) is 40.0 Å². The quantitative estimate of drug-likeness (QED) is 0.786. The first-order chi connectivity index (χ1) is 8.92. The molecule has 3 fully saturated rings. The minimum Gasteiger partial charge on any atom is -0.333 e. The topological polar surface area (TPSA) is 35.6 Å². The van der Waals surface area contributed by atoms with E-state index in [-0.39, 0.29) is 11.6 Å². The maximum atomic E-state index is 12.0. The molecule has 0 bridgehead atoms. The Morgan fingerprint density at radius 1 is 1.05 bits per heavy atom. The summed E-state index contributed by atoms with van der Waals surface area (Å²) in [5.41, 5.74) is -0.132. The molecule has 4 nitrogen and oxygen atoms in total. The van der Waals surface area contributed by atoms with Crippen molar-refractivity contribution >= 4 is 6.03 Å². The Morgan fingerprint density at radius 3 is 2.16 bits per heavy atom. The highest BCUT2D eigenvalue weighted by Crippen LogP contribution is 2.39. The molecule has 3 aliphatic rings. The van der Waals surface area contributed by atoms with E-state index in [1.54, 1.807) is 0 Å². The number of hydrogen-bond donors (Lipinski definition) is 1. The number of rotatable bonds is 1. The summed E-state index contributed by atoms with van der Waals surface area (Å²) in [4.78, 5) is 16.6. The van der Waals surface area contributed by atoms with Crippen molar-refractivity contribution < 1.29 is 4.79 Å². The summed E-state index contributed by atoms with van der Waals surface area (Å²) in [6, 6.07) is 0.722. The lowest BCUT2D eigenvalue weighted by Crippen LogP contribution is -2.64. The summed E-state index contributed by atoms with van der Waals surface area (Å²) in [5.74, 6) is 1.91. The molecule has 2 amide bonds. The van der Waals surface area contributed by atoms with E-state index in [9.17, 15) is 4.79 Å². The molecule has 1 N–H and O–H groups in total. The van der Waals surface area contributed by atoms with Crippen LogP contribution in [0.3, 0.4) is 0 Å². The fourth-order valence-corrected chi connectivity index (χ4v) is 3.82. The molecule has 2 aliphatic heterocycles. The lowest BCUT2D eigenvalue weighted by Gasteiger charge is -2.45. The molecule has 19 heavy (non-hydrogen) atoms. The Bertz CT molecular complexity index is 345. The zero-order valence-electron chi connectivity index (χ0n) is 12.5. The highest BCUT2D eigenvalue weighted by atomic mass is 16.2. The highest BCUT2D eigenvalue weighted by molar-refractivity contribution is 5.76. The maximum Gasteiger partial charge on any atom is 0.317 e. The van der Waals surface area contributed by atoms with Crippen LogP contribution in [0.5, 0.6) is 0 Å². The number of urea groups is 1. The van der Waals surface area contributed by atoms with Crippen molar-refractivity contribution in [3.05, 3.63) is 0 Å². The first-order valence-electron chi connectivity index (χ1n) is 7.73. The molecule has 0 aromatic rings. The van der Waals surface area contributed by atoms with Gasteiger partial charge in [-0.2, -0.15) is 0 Å². The van der Waals surface area contributed by atoms with Crippen LogP contribution < -0.4 is 5.32 Å². The van der Waals surface area contributed by atoms with Crippen molar-refractivity contribution in [1.82, 2.24) is 15.1 Å². The number of carbonyl (C=O) groups is 1. The molecule has 0 aromatic carbocycles. The van der Waals surface area contributed by atoms with E-state index < -0.39 is 0 Å². The van der Waals surface area contributed by atoms with Gasteiger partial charge >= 0.3 is 6.03 Å². The normalized spacial score (nSPS) is 32.3. The van der Waals surface area contributed by atoms with Crippen LogP contribution >= 0.6 is 0 Å². The lowest BCUT2D eigenvalue weighted by atomic mass is 10.0. The van der Waals surface area contributed by atoms with Gasteiger partial charge in [-0.3, -0.25) is 4.90 Å². The molecule has 2 saturated heterocycles. The number of carbonyl (C=O) groups excluding carboxylic acids is 1. The van der Waals surface area contributed by atoms with Gasteiger partial charge in [-0.05, 0) is 45.4 Å². The molecular formula is C15H27N3O. The average Bonchev–Trinajstić information content (AvgIpc) is 2.71. The summed E-state index contributed by atoms with van der Waals surface area (Å²) in [6.45, 7) is 10.5. The van der Waals surface area contributed by atoms with Crippen molar-refractivity contribution in [1.29, 1.82) is 0 Å². The Hall–Kier alpha value is -0.770. The van der Waals surface area contributed by atoms with Gasteiger partial charge < -0.3 is 10.2 Å². The molecule has 0 spiro atoms. The maximum absolute atomic E-state index is 12.0. The minimum absolute atomic E-state index is 0.100. The van der Waals surface area contributed by atoms with Gasteiger partial charge in [-0.1, -0.05) is 6.42 Å². The SMILES string of the molecule is CC(C)(C)NC(=O)N1CC(N2CC3CCCC3C2)C1. The second-order valence-electron chi connectivity index (χ2n) is 7.64. The summed E-state index contributed by atoms with van der Waals surface area (Å²) >= 11 is 0. The van der Waals surface area contributed by atoms with Crippen LogP contribution in [-0.2, 0) is 0 Å². The third-order valence-electron chi connectivity index (χ3n) is 4.90. The van der Waals surface area contributed by atoms with Crippen molar-refractivity contribution in [2.45, 2.75) is 51.6 Å². The minimum atomic E-state index is -0.132. The Morgan fingerprint density at radius 2 is 1.63 bits per heavy atom. The molecule has 2 unspecified atom stereocenters. The zero-order valence-corrected chi connectivity index (χ0v) is 12.5. The largest absolute Gasteiger partial charge is 0.333 e. The van der Waals surface area contributed by atoms with Crippen LogP contribution in [0.15, 0.2) is 0 Å². The molecule has 0 radical (unpaired) electrons. The summed E-state index contributed by atoms with van der Waals surface area (Å²) < 4.78 is 0. The fraction of sp³-hybridized carbons (Fsp3) is 0.933. The van der Waals surface area contributed by atoms with Gasteiger partial charge in [0.2, 0.25) is 0 Å². The van der Waals surface area contributed by atoms with Crippen molar-refractivity contribution in [2.75, 3.05) is 26.2 Å². The van der Waals surface area contributed by atoms with Crippen LogP contribution in [0, 0.1) is 11.8 Å². The lowest BCUT2D eigenvalue weighted by molar-refractivity contribution is 0.0641. The van der Waals surface area contributed by atoms with Gasteiger partial charge in [0.25, 0.3) is 0 Å². The Balaban J connectivity index is 1.44. The number of likely N-dealkylation sites (tertiary alicyclic amines) is 2. The van der Waals surface area contributed by atoms with Gasteiger partial charge in [-0.15, -0.1) is 0 Å². The van der Waals surface area contributed by atoms with Gasteiger partial charge in [-0.25, -0.2) is 4.79 Å². The average molecular weight is 265 g/mol. The van der Waals surface area contributed by atoms with E-state index in [4.69, 9.17) is 0 Å². The second kappa shape index (κ2) is 4.65. The summed E-state index contributed by atoms with van der Waals surface area (Å²) in [5, 5.41) is 3.04. The molecule has 1 aliphatic carbocycles. The van der Waals surface area contributed by atoms with E-state index in [0.717, 1.165) is 24.9 Å². The predicted octanol–water partition coefficient (Wildman–Crippen LogP) is 1.91. The summed E-state index contributed by atoms with van der Waals surface area (Å²) in [7, 11) is 0. The third kappa shape index (κ3) is 2.73. The fourth-order valence-electron chi connectivity index (χ4n) is 3.82. The Labute approximate surface area is 116 Å². The van der Waals surface area contributed by atoms with Crippen molar-refractivity contribution in [2.24, 2.45) is 11.8 Å². The van der Waals surface area contributed by atoms with Crippen LogP contribution in [0.4, 0.5) is 4.79 Å². The van der Waals surface area contributed by atoms with Gasteiger partial charge in [0.15, 0.2) is 0 Å². The zero-order chi connectivity index (χ0) is 13.6. The molecule has 108 valence electrons. The van der Waals surface area contributed by atoms with Crippen LogP contribution in [0.25, 0.3) is 0 Å². The molecule has 2 atom stereocenters. The molecular weight excluding hydrogens is 238 g/mol. The van der Waals surface area contributed by atoms with E-state index in [1.165, 1.54) is 32.4 Å². The highest BCUT2D eigenvalue weighted by Gasteiger charge is 2.43. The molecule has 0 aromatic heterocycles. The van der Waals surface area contributed by atoms with Gasteiger partial charge in [0.1, 0.15) is 0 Å². The summed E-state index contributed by atoms with van der Waals surface area (Å²) in [6.07, 6.45) is 4.30. The van der Waals surface area contributed by atoms with Gasteiger partial charge in [0.05, 0.1) is 0 Å². The number of amides is 2. The third-order valence-corrected chi connectivity index (χ3v) is 4.90. The molecule has 1 saturated carbocycles. The number of nitrogens with zero attached hydrogens (tertiary/aromatic N) is 2. The first-order valence-corrected chi connectivity index (χ1v) is 7.73. The monoisotopic (exact) mass is 265 g/mol. The van der Waals surface area contributed by atoms with Crippen LogP contribution in [0.2, 0.25) is 0 Å². The smallest absolute Gasteiger partial charge is 0.317 e. The van der Waals surface area contributed by atoms with Crippen LogP contribution in [-0.4, -0.2) is 53.6 Å². The Kier molecular flexibility index (Phi) is 3.24. The number of fused-ring (bicyclic) bond motifs is 1.